The SMILES string of the molecule is O=C(COc1ccc(C(=O)N2CCO[C@H]3CCCC[C@@H]32)cc1)C1CC1. The normalized spacial score (nSPS) is 26.0. The third kappa shape index (κ3) is 3.71. The van der Waals surface area contributed by atoms with Crippen LogP contribution in [0.2, 0.25) is 0 Å². The quantitative estimate of drug-likeness (QED) is 0.825. The Kier molecular flexibility index (Phi) is 4.75. The third-order valence-corrected chi connectivity index (χ3v) is 5.51. The van der Waals surface area contributed by atoms with Crippen LogP contribution in [0, 0.1) is 5.92 Å². The molecule has 4 rings (SSSR count). The van der Waals surface area contributed by atoms with Gasteiger partial charge in [0.15, 0.2) is 5.78 Å². The number of morpholine rings is 1. The summed E-state index contributed by atoms with van der Waals surface area (Å²) in [5.41, 5.74) is 0.673. The largest absolute Gasteiger partial charge is 0.486 e. The van der Waals surface area contributed by atoms with Crippen molar-refractivity contribution in [2.24, 2.45) is 5.92 Å². The fourth-order valence-corrected chi connectivity index (χ4v) is 3.89. The van der Waals surface area contributed by atoms with E-state index in [0.29, 0.717) is 24.5 Å². The van der Waals surface area contributed by atoms with Gasteiger partial charge in [-0.25, -0.2) is 0 Å². The number of carbonyl (C=O) groups is 2. The molecule has 0 unspecified atom stereocenters. The van der Waals surface area contributed by atoms with Gasteiger partial charge in [-0.3, -0.25) is 9.59 Å². The molecule has 5 nitrogen and oxygen atoms in total. The van der Waals surface area contributed by atoms with Gasteiger partial charge in [0.1, 0.15) is 12.4 Å². The summed E-state index contributed by atoms with van der Waals surface area (Å²) in [6, 6.07) is 7.37. The zero-order valence-corrected chi connectivity index (χ0v) is 14.5. The number of hydrogen-bond donors (Lipinski definition) is 0. The van der Waals surface area contributed by atoms with Gasteiger partial charge in [-0.1, -0.05) is 12.8 Å². The molecule has 0 N–H and O–H groups in total. The fourth-order valence-electron chi connectivity index (χ4n) is 3.89. The lowest BCUT2D eigenvalue weighted by Crippen LogP contribution is -2.54. The minimum absolute atomic E-state index is 0.0702. The lowest BCUT2D eigenvalue weighted by Gasteiger charge is -2.43. The Morgan fingerprint density at radius 3 is 2.60 bits per heavy atom. The van der Waals surface area contributed by atoms with Crippen molar-refractivity contribution in [1.29, 1.82) is 0 Å². The number of carbonyl (C=O) groups excluding carboxylic acids is 2. The van der Waals surface area contributed by atoms with Gasteiger partial charge in [0.25, 0.3) is 5.91 Å². The number of benzene rings is 1. The molecule has 2 saturated carbocycles. The van der Waals surface area contributed by atoms with E-state index in [-0.39, 0.29) is 36.4 Å². The zero-order valence-electron chi connectivity index (χ0n) is 14.5. The van der Waals surface area contributed by atoms with Gasteiger partial charge in [0.05, 0.1) is 18.8 Å². The molecule has 0 spiro atoms. The predicted molar refractivity (Wildman–Crippen MR) is 92.7 cm³/mol. The molecule has 1 aliphatic heterocycles. The number of rotatable bonds is 5. The van der Waals surface area contributed by atoms with Crippen LogP contribution in [0.1, 0.15) is 48.9 Å². The van der Waals surface area contributed by atoms with Crippen LogP contribution in [-0.4, -0.2) is 48.5 Å². The fraction of sp³-hybridized carbons (Fsp3) is 0.600. The van der Waals surface area contributed by atoms with E-state index in [1.807, 2.05) is 4.90 Å². The van der Waals surface area contributed by atoms with Crippen molar-refractivity contribution in [2.45, 2.75) is 50.7 Å². The number of hydrogen-bond acceptors (Lipinski definition) is 4. The Bertz CT molecular complexity index is 636. The molecule has 2 aliphatic carbocycles. The molecule has 3 fully saturated rings. The molecule has 1 heterocycles. The maximum absolute atomic E-state index is 12.9. The number of fused-ring (bicyclic) bond motifs is 1. The third-order valence-electron chi connectivity index (χ3n) is 5.51. The first-order chi connectivity index (χ1) is 12.2. The molecule has 5 heteroatoms. The average Bonchev–Trinajstić information content (AvgIpc) is 3.51. The van der Waals surface area contributed by atoms with Gasteiger partial charge < -0.3 is 14.4 Å². The van der Waals surface area contributed by atoms with Crippen LogP contribution in [0.4, 0.5) is 0 Å². The first-order valence-corrected chi connectivity index (χ1v) is 9.40. The van der Waals surface area contributed by atoms with E-state index in [2.05, 4.69) is 0 Å². The molecule has 1 aromatic carbocycles. The Morgan fingerprint density at radius 1 is 1.08 bits per heavy atom. The van der Waals surface area contributed by atoms with E-state index in [9.17, 15) is 9.59 Å². The molecule has 1 saturated heterocycles. The highest BCUT2D eigenvalue weighted by Crippen LogP contribution is 2.31. The van der Waals surface area contributed by atoms with Crippen molar-refractivity contribution in [3.63, 3.8) is 0 Å². The maximum Gasteiger partial charge on any atom is 0.254 e. The summed E-state index contributed by atoms with van der Waals surface area (Å²) in [5.74, 6) is 1.10. The molecule has 3 aliphatic rings. The molecule has 25 heavy (non-hydrogen) atoms. The van der Waals surface area contributed by atoms with Crippen molar-refractivity contribution >= 4 is 11.7 Å². The Labute approximate surface area is 148 Å². The van der Waals surface area contributed by atoms with Crippen molar-refractivity contribution < 1.29 is 19.1 Å². The molecule has 1 amide bonds. The summed E-state index contributed by atoms with van der Waals surface area (Å²) in [5, 5.41) is 0. The van der Waals surface area contributed by atoms with Crippen LogP contribution in [0.15, 0.2) is 24.3 Å². The highest BCUT2D eigenvalue weighted by atomic mass is 16.5. The molecular formula is C20H25NO4. The topological polar surface area (TPSA) is 55.8 Å². The summed E-state index contributed by atoms with van der Waals surface area (Å²) < 4.78 is 11.4. The van der Waals surface area contributed by atoms with Crippen LogP contribution < -0.4 is 4.74 Å². The van der Waals surface area contributed by atoms with E-state index >= 15 is 0 Å². The highest BCUT2D eigenvalue weighted by molar-refractivity contribution is 5.94. The van der Waals surface area contributed by atoms with E-state index in [4.69, 9.17) is 9.47 Å². The van der Waals surface area contributed by atoms with Gasteiger partial charge in [-0.2, -0.15) is 0 Å². The molecule has 0 aromatic heterocycles. The van der Waals surface area contributed by atoms with Crippen LogP contribution in [-0.2, 0) is 9.53 Å². The summed E-state index contributed by atoms with van der Waals surface area (Å²) in [6.07, 6.45) is 6.62. The van der Waals surface area contributed by atoms with Crippen LogP contribution in [0.25, 0.3) is 0 Å². The number of Topliss-reactive ketones (excluding diaryl/α,β-unsaturated/α-hetero) is 1. The number of amides is 1. The predicted octanol–water partition coefficient (Wildman–Crippen LogP) is 2.83. The average molecular weight is 343 g/mol. The van der Waals surface area contributed by atoms with Gasteiger partial charge in [-0.15, -0.1) is 0 Å². The lowest BCUT2D eigenvalue weighted by molar-refractivity contribution is -0.122. The van der Waals surface area contributed by atoms with Crippen molar-refractivity contribution in [3.05, 3.63) is 29.8 Å². The zero-order chi connectivity index (χ0) is 17.2. The molecule has 134 valence electrons. The number of ether oxygens (including phenoxy) is 2. The number of nitrogens with zero attached hydrogens (tertiary/aromatic N) is 1. The molecule has 2 atom stereocenters. The van der Waals surface area contributed by atoms with E-state index in [1.54, 1.807) is 24.3 Å². The first-order valence-electron chi connectivity index (χ1n) is 9.40. The van der Waals surface area contributed by atoms with Gasteiger partial charge >= 0.3 is 0 Å². The van der Waals surface area contributed by atoms with E-state index in [1.165, 1.54) is 6.42 Å². The van der Waals surface area contributed by atoms with E-state index in [0.717, 1.165) is 32.1 Å². The molecule has 0 bridgehead atoms. The Balaban J connectivity index is 1.38. The number of ketones is 1. The van der Waals surface area contributed by atoms with Crippen molar-refractivity contribution in [3.8, 4) is 5.75 Å². The van der Waals surface area contributed by atoms with Crippen LogP contribution in [0.5, 0.6) is 5.75 Å². The Morgan fingerprint density at radius 2 is 1.84 bits per heavy atom. The molecular weight excluding hydrogens is 318 g/mol. The lowest BCUT2D eigenvalue weighted by atomic mass is 9.89. The highest BCUT2D eigenvalue weighted by Gasteiger charge is 2.37. The minimum atomic E-state index is 0.0702. The molecule has 0 radical (unpaired) electrons. The van der Waals surface area contributed by atoms with Crippen LogP contribution in [0.3, 0.4) is 0 Å². The maximum atomic E-state index is 12.9. The van der Waals surface area contributed by atoms with E-state index < -0.39 is 0 Å². The van der Waals surface area contributed by atoms with Gasteiger partial charge in [0.2, 0.25) is 0 Å². The first kappa shape index (κ1) is 16.6. The summed E-state index contributed by atoms with van der Waals surface area (Å²) in [7, 11) is 0. The summed E-state index contributed by atoms with van der Waals surface area (Å²) >= 11 is 0. The van der Waals surface area contributed by atoms with Gasteiger partial charge in [-0.05, 0) is 49.9 Å². The second-order valence-electron chi connectivity index (χ2n) is 7.31. The van der Waals surface area contributed by atoms with Crippen molar-refractivity contribution in [2.75, 3.05) is 19.8 Å². The second-order valence-corrected chi connectivity index (χ2v) is 7.31. The summed E-state index contributed by atoms with van der Waals surface area (Å²) in [6.45, 7) is 1.41. The van der Waals surface area contributed by atoms with Crippen molar-refractivity contribution in [1.82, 2.24) is 4.90 Å². The minimum Gasteiger partial charge on any atom is -0.486 e. The smallest absolute Gasteiger partial charge is 0.254 e. The standard InChI is InChI=1S/C20H25NO4/c22-18(14-5-6-14)13-25-16-9-7-15(8-10-16)20(23)21-11-12-24-19-4-2-1-3-17(19)21/h7-10,14,17,19H,1-6,11-13H2/t17-,19-/m0/s1. The Hall–Kier alpha value is -1.88. The second kappa shape index (κ2) is 7.16. The monoisotopic (exact) mass is 343 g/mol. The van der Waals surface area contributed by atoms with Crippen LogP contribution >= 0.6 is 0 Å². The van der Waals surface area contributed by atoms with Gasteiger partial charge in [0, 0.05) is 18.0 Å². The molecule has 1 aromatic rings. The summed E-state index contributed by atoms with van der Waals surface area (Å²) in [4.78, 5) is 26.6.